The van der Waals surface area contributed by atoms with Crippen molar-refractivity contribution in [2.45, 2.75) is 38.5 Å². The van der Waals surface area contributed by atoms with Crippen molar-refractivity contribution < 1.29 is 19.1 Å². The van der Waals surface area contributed by atoms with E-state index < -0.39 is 17.2 Å². The van der Waals surface area contributed by atoms with E-state index in [2.05, 4.69) is 20.8 Å². The largest absolute Gasteiger partial charge is 0.478 e. The average molecular weight is 452 g/mol. The first kappa shape index (κ1) is 22.0. The topological polar surface area (TPSA) is 57.6 Å². The number of carboxylic acid groups (broad SMARTS) is 1. The van der Waals surface area contributed by atoms with Crippen LogP contribution in [-0.2, 0) is 15.6 Å². The molecule has 0 saturated carbocycles. The van der Waals surface area contributed by atoms with Crippen LogP contribution in [0.1, 0.15) is 54.7 Å². The third kappa shape index (κ3) is 3.37. The zero-order chi connectivity index (χ0) is 23.4. The maximum absolute atomic E-state index is 14.9. The average Bonchev–Trinajstić information content (AvgIpc) is 2.95. The molecular weight excluding hydrogens is 429 g/mol. The van der Waals surface area contributed by atoms with Gasteiger partial charge in [0.1, 0.15) is 5.82 Å². The van der Waals surface area contributed by atoms with E-state index in [1.54, 1.807) is 25.1 Å². The van der Waals surface area contributed by atoms with Gasteiger partial charge in [-0.3, -0.25) is 9.69 Å². The Morgan fingerprint density at radius 2 is 1.66 bits per heavy atom. The SMILES string of the molecule is CC(C)(C)c1ccc(C2(C)C(=O)N(c3cc(C(=O)O)ccc3F)c3ccc(Cl)cc32)cc1. The van der Waals surface area contributed by atoms with E-state index in [-0.39, 0.29) is 22.6 Å². The van der Waals surface area contributed by atoms with Crippen LogP contribution in [0.2, 0.25) is 5.02 Å². The number of carbonyl (C=O) groups excluding carboxylic acids is 1. The molecule has 0 fully saturated rings. The van der Waals surface area contributed by atoms with Gasteiger partial charge in [-0.15, -0.1) is 0 Å². The molecule has 1 unspecified atom stereocenters. The summed E-state index contributed by atoms with van der Waals surface area (Å²) in [4.78, 5) is 26.6. The number of halogens is 2. The summed E-state index contributed by atoms with van der Waals surface area (Å²) in [6.07, 6.45) is 0. The molecule has 1 aliphatic rings. The minimum absolute atomic E-state index is 0.0488. The van der Waals surface area contributed by atoms with Crippen molar-refractivity contribution in [3.8, 4) is 0 Å². The zero-order valence-corrected chi connectivity index (χ0v) is 19.0. The fourth-order valence-electron chi connectivity index (χ4n) is 4.19. The lowest BCUT2D eigenvalue weighted by Crippen LogP contribution is -2.37. The van der Waals surface area contributed by atoms with Gasteiger partial charge in [0.05, 0.1) is 22.4 Å². The van der Waals surface area contributed by atoms with E-state index in [0.717, 1.165) is 17.2 Å². The van der Waals surface area contributed by atoms with Crippen molar-refractivity contribution in [3.05, 3.63) is 93.8 Å². The smallest absolute Gasteiger partial charge is 0.335 e. The summed E-state index contributed by atoms with van der Waals surface area (Å²) >= 11 is 6.28. The van der Waals surface area contributed by atoms with Gasteiger partial charge in [0, 0.05) is 5.02 Å². The fourth-order valence-corrected chi connectivity index (χ4v) is 4.36. The molecule has 3 aromatic rings. The van der Waals surface area contributed by atoms with Gasteiger partial charge >= 0.3 is 5.97 Å². The minimum Gasteiger partial charge on any atom is -0.478 e. The van der Waals surface area contributed by atoms with Crippen molar-refractivity contribution in [2.75, 3.05) is 4.90 Å². The highest BCUT2D eigenvalue weighted by molar-refractivity contribution is 6.31. The van der Waals surface area contributed by atoms with Crippen LogP contribution in [0.15, 0.2) is 60.7 Å². The Labute approximate surface area is 191 Å². The Balaban J connectivity index is 1.92. The van der Waals surface area contributed by atoms with Crippen molar-refractivity contribution in [1.29, 1.82) is 0 Å². The Bertz CT molecular complexity index is 1250. The van der Waals surface area contributed by atoms with E-state index >= 15 is 0 Å². The van der Waals surface area contributed by atoms with Crippen LogP contribution >= 0.6 is 11.6 Å². The van der Waals surface area contributed by atoms with Gasteiger partial charge in [-0.25, -0.2) is 9.18 Å². The van der Waals surface area contributed by atoms with Gasteiger partial charge < -0.3 is 5.11 Å². The molecule has 6 heteroatoms. The fraction of sp³-hybridized carbons (Fsp3) is 0.231. The van der Waals surface area contributed by atoms with Gasteiger partial charge in [0.25, 0.3) is 0 Å². The molecule has 0 spiro atoms. The molecule has 0 aromatic heterocycles. The molecule has 32 heavy (non-hydrogen) atoms. The highest BCUT2D eigenvalue weighted by Gasteiger charge is 2.50. The lowest BCUT2D eigenvalue weighted by molar-refractivity contribution is -0.120. The molecule has 1 heterocycles. The number of amides is 1. The number of hydrogen-bond acceptors (Lipinski definition) is 2. The van der Waals surface area contributed by atoms with E-state index in [4.69, 9.17) is 11.6 Å². The summed E-state index contributed by atoms with van der Waals surface area (Å²) in [5, 5.41) is 9.82. The molecule has 0 bridgehead atoms. The predicted octanol–water partition coefficient (Wildman–Crippen LogP) is 6.46. The summed E-state index contributed by atoms with van der Waals surface area (Å²) in [5.74, 6) is -2.26. The van der Waals surface area contributed by atoms with E-state index in [9.17, 15) is 19.1 Å². The van der Waals surface area contributed by atoms with Crippen LogP contribution < -0.4 is 4.90 Å². The molecule has 3 aromatic carbocycles. The van der Waals surface area contributed by atoms with Crippen LogP contribution in [0.3, 0.4) is 0 Å². The summed E-state index contributed by atoms with van der Waals surface area (Å²) in [6.45, 7) is 8.12. The summed E-state index contributed by atoms with van der Waals surface area (Å²) in [7, 11) is 0. The molecule has 4 nitrogen and oxygen atoms in total. The maximum Gasteiger partial charge on any atom is 0.335 e. The van der Waals surface area contributed by atoms with Crippen LogP contribution in [0.4, 0.5) is 15.8 Å². The van der Waals surface area contributed by atoms with Crippen molar-refractivity contribution in [2.24, 2.45) is 0 Å². The Hall–Kier alpha value is -3.18. The van der Waals surface area contributed by atoms with Crippen LogP contribution in [0.5, 0.6) is 0 Å². The van der Waals surface area contributed by atoms with Crippen molar-refractivity contribution >= 4 is 34.9 Å². The number of anilines is 2. The standard InChI is InChI=1S/C26H23ClFNO3/c1-25(2,3)16-6-8-17(9-7-16)26(4)19-14-18(27)10-12-21(19)29(24(26)32)22-13-15(23(30)31)5-11-20(22)28/h5-14H,1-4H3,(H,30,31). The molecular formula is C26H23ClFNO3. The summed E-state index contributed by atoms with van der Waals surface area (Å²) in [6, 6.07) is 16.2. The maximum atomic E-state index is 14.9. The number of carbonyl (C=O) groups is 2. The molecule has 1 N–H and O–H groups in total. The van der Waals surface area contributed by atoms with Crippen LogP contribution in [0.25, 0.3) is 0 Å². The van der Waals surface area contributed by atoms with Crippen LogP contribution in [-0.4, -0.2) is 17.0 Å². The Kier molecular flexibility index (Phi) is 5.13. The first-order chi connectivity index (χ1) is 14.9. The number of aromatic carboxylic acids is 1. The van der Waals surface area contributed by atoms with Gasteiger partial charge in [-0.2, -0.15) is 0 Å². The third-order valence-corrected chi connectivity index (χ3v) is 6.37. The molecule has 4 rings (SSSR count). The predicted molar refractivity (Wildman–Crippen MR) is 124 cm³/mol. The first-order valence-electron chi connectivity index (χ1n) is 10.2. The minimum atomic E-state index is -1.20. The Morgan fingerprint density at radius 1 is 1.00 bits per heavy atom. The van der Waals surface area contributed by atoms with Crippen molar-refractivity contribution in [3.63, 3.8) is 0 Å². The molecule has 1 atom stereocenters. The first-order valence-corrected chi connectivity index (χ1v) is 10.6. The second-order valence-electron chi connectivity index (χ2n) is 9.23. The van der Waals surface area contributed by atoms with Gasteiger partial charge in [-0.05, 0) is 65.4 Å². The second-order valence-corrected chi connectivity index (χ2v) is 9.66. The molecule has 0 radical (unpaired) electrons. The van der Waals surface area contributed by atoms with Crippen molar-refractivity contribution in [1.82, 2.24) is 0 Å². The molecule has 0 saturated heterocycles. The van der Waals surface area contributed by atoms with E-state index in [1.165, 1.54) is 17.0 Å². The quantitative estimate of drug-likeness (QED) is 0.497. The number of rotatable bonds is 3. The van der Waals surface area contributed by atoms with Gasteiger partial charge in [0.15, 0.2) is 0 Å². The van der Waals surface area contributed by atoms with Crippen LogP contribution in [0, 0.1) is 5.82 Å². The Morgan fingerprint density at radius 3 is 2.25 bits per heavy atom. The highest BCUT2D eigenvalue weighted by atomic mass is 35.5. The van der Waals surface area contributed by atoms with Gasteiger partial charge in [0.2, 0.25) is 5.91 Å². The molecule has 0 aliphatic carbocycles. The van der Waals surface area contributed by atoms with E-state index in [0.29, 0.717) is 16.3 Å². The van der Waals surface area contributed by atoms with Gasteiger partial charge in [-0.1, -0.05) is 56.6 Å². The number of nitrogens with zero attached hydrogens (tertiary/aromatic N) is 1. The summed E-state index contributed by atoms with van der Waals surface area (Å²) in [5.41, 5.74) is 1.60. The molecule has 1 aliphatic heterocycles. The molecule has 164 valence electrons. The highest BCUT2D eigenvalue weighted by Crippen LogP contribution is 2.50. The zero-order valence-electron chi connectivity index (χ0n) is 18.2. The summed E-state index contributed by atoms with van der Waals surface area (Å²) < 4.78 is 14.9. The number of benzene rings is 3. The normalized spacial score (nSPS) is 18.1. The number of hydrogen-bond donors (Lipinski definition) is 1. The number of fused-ring (bicyclic) bond motifs is 1. The second kappa shape index (κ2) is 7.45. The third-order valence-electron chi connectivity index (χ3n) is 6.13. The molecule has 1 amide bonds. The monoisotopic (exact) mass is 451 g/mol. The van der Waals surface area contributed by atoms with E-state index in [1.807, 2.05) is 24.3 Å². The number of carboxylic acids is 1. The lowest BCUT2D eigenvalue weighted by Gasteiger charge is -2.27. The lowest BCUT2D eigenvalue weighted by atomic mass is 9.76.